The van der Waals surface area contributed by atoms with Crippen LogP contribution in [0.25, 0.3) is 10.9 Å². The topological polar surface area (TPSA) is 108 Å². The molecule has 0 saturated carbocycles. The van der Waals surface area contributed by atoms with Crippen LogP contribution >= 0.6 is 0 Å². The summed E-state index contributed by atoms with van der Waals surface area (Å²) < 4.78 is 6.00. The number of piperidine rings is 1. The molecule has 39 heavy (non-hydrogen) atoms. The Balaban J connectivity index is 1.32. The van der Waals surface area contributed by atoms with E-state index >= 15 is 0 Å². The smallest absolute Gasteiger partial charge is 0.412 e. The van der Waals surface area contributed by atoms with Crippen LogP contribution in [0.3, 0.4) is 0 Å². The molecule has 1 fully saturated rings. The molecule has 0 aliphatic carbocycles. The highest BCUT2D eigenvalue weighted by Gasteiger charge is 2.29. The van der Waals surface area contributed by atoms with Crippen molar-refractivity contribution < 1.29 is 14.3 Å². The first-order valence-electron chi connectivity index (χ1n) is 13.4. The number of aromatic nitrogens is 2. The number of carbonyl (C=O) groups is 2. The normalized spacial score (nSPS) is 16.4. The van der Waals surface area contributed by atoms with Crippen molar-refractivity contribution in [2.75, 3.05) is 17.2 Å². The van der Waals surface area contributed by atoms with Gasteiger partial charge in [-0.2, -0.15) is 5.10 Å². The molecule has 0 spiro atoms. The second kappa shape index (κ2) is 11.3. The van der Waals surface area contributed by atoms with Crippen molar-refractivity contribution in [3.63, 3.8) is 0 Å². The number of nitrogens with one attached hydrogen (secondary N) is 4. The summed E-state index contributed by atoms with van der Waals surface area (Å²) in [6, 6.07) is 20.7. The molecule has 1 aliphatic heterocycles. The molecule has 2 heterocycles. The summed E-state index contributed by atoms with van der Waals surface area (Å²) in [6.07, 6.45) is 3.59. The van der Waals surface area contributed by atoms with Crippen LogP contribution in [0.1, 0.15) is 67.6 Å². The third-order valence-electron chi connectivity index (χ3n) is 7.12. The molecule has 0 bridgehead atoms. The van der Waals surface area contributed by atoms with Gasteiger partial charge < -0.3 is 15.4 Å². The minimum Gasteiger partial charge on any atom is -0.439 e. The van der Waals surface area contributed by atoms with Crippen LogP contribution in [-0.4, -0.2) is 34.8 Å². The van der Waals surface area contributed by atoms with E-state index in [2.05, 4.69) is 46.9 Å². The van der Waals surface area contributed by atoms with Gasteiger partial charge in [-0.25, -0.2) is 4.79 Å². The number of hydrogen-bond acceptors (Lipinski definition) is 5. The number of nitrogens with zero attached hydrogens (tertiary/aromatic N) is 1. The minimum absolute atomic E-state index is 0.0390. The Labute approximate surface area is 228 Å². The number of benzene rings is 3. The van der Waals surface area contributed by atoms with E-state index in [-0.39, 0.29) is 17.4 Å². The molecule has 0 radical (unpaired) electrons. The van der Waals surface area contributed by atoms with Gasteiger partial charge >= 0.3 is 6.09 Å². The van der Waals surface area contributed by atoms with Gasteiger partial charge in [0.05, 0.1) is 11.7 Å². The molecule has 202 valence electrons. The SMILES string of the molecule is CC(C)(C)c1ccc(NC(=O)c2cccc(C(OC(=O)Nc3ccc4[nH]ncc4c3)[C@@H]3CCCCN3)c2)cc1. The molecule has 1 aliphatic rings. The second-order valence-corrected chi connectivity index (χ2v) is 11.1. The first-order valence-corrected chi connectivity index (χ1v) is 13.4. The second-order valence-electron chi connectivity index (χ2n) is 11.1. The highest BCUT2D eigenvalue weighted by atomic mass is 16.6. The maximum absolute atomic E-state index is 13.1. The Kier molecular flexibility index (Phi) is 7.65. The standard InChI is InChI=1S/C31H35N5O3/c1-31(2,3)23-10-12-24(13-11-23)34-29(37)21-8-6-7-20(17-21)28(27-9-4-5-16-32-27)39-30(38)35-25-14-15-26-22(18-25)19-33-36-26/h6-8,10-15,17-19,27-28,32H,4-5,9,16H2,1-3H3,(H,33,36)(H,34,37)(H,35,38)/t27-,28?/m0/s1. The molecule has 4 N–H and O–H groups in total. The summed E-state index contributed by atoms with van der Waals surface area (Å²) in [5, 5.41) is 17.1. The Morgan fingerprint density at radius 1 is 0.974 bits per heavy atom. The Morgan fingerprint density at radius 2 is 1.77 bits per heavy atom. The van der Waals surface area contributed by atoms with Gasteiger partial charge in [0.15, 0.2) is 0 Å². The largest absolute Gasteiger partial charge is 0.439 e. The fraction of sp³-hybridized carbons (Fsp3) is 0.323. The summed E-state index contributed by atoms with van der Waals surface area (Å²) in [7, 11) is 0. The van der Waals surface area contributed by atoms with Crippen LogP contribution in [0.15, 0.2) is 72.9 Å². The highest BCUT2D eigenvalue weighted by Crippen LogP contribution is 2.29. The van der Waals surface area contributed by atoms with Gasteiger partial charge in [-0.15, -0.1) is 0 Å². The zero-order valence-corrected chi connectivity index (χ0v) is 22.6. The van der Waals surface area contributed by atoms with Crippen molar-refractivity contribution in [2.45, 2.75) is 57.6 Å². The van der Waals surface area contributed by atoms with Crippen LogP contribution in [-0.2, 0) is 10.2 Å². The number of fused-ring (bicyclic) bond motifs is 1. The number of carbonyl (C=O) groups excluding carboxylic acids is 2. The maximum atomic E-state index is 13.1. The van der Waals surface area contributed by atoms with Crippen LogP contribution in [0, 0.1) is 0 Å². The van der Waals surface area contributed by atoms with Gasteiger partial charge in [0.25, 0.3) is 5.91 Å². The fourth-order valence-electron chi connectivity index (χ4n) is 4.92. The van der Waals surface area contributed by atoms with Crippen LogP contribution in [0.5, 0.6) is 0 Å². The number of amides is 2. The number of hydrogen-bond donors (Lipinski definition) is 4. The van der Waals surface area contributed by atoms with E-state index in [1.807, 2.05) is 54.6 Å². The lowest BCUT2D eigenvalue weighted by molar-refractivity contribution is 0.0762. The van der Waals surface area contributed by atoms with Crippen molar-refractivity contribution in [2.24, 2.45) is 0 Å². The zero-order chi connectivity index (χ0) is 27.4. The van der Waals surface area contributed by atoms with Crippen molar-refractivity contribution in [3.05, 3.63) is 89.6 Å². The van der Waals surface area contributed by atoms with Crippen LogP contribution in [0.4, 0.5) is 16.2 Å². The number of ether oxygens (including phenoxy) is 1. The maximum Gasteiger partial charge on any atom is 0.412 e. The number of aromatic amines is 1. The predicted octanol–water partition coefficient (Wildman–Crippen LogP) is 6.54. The van der Waals surface area contributed by atoms with Crippen molar-refractivity contribution in [1.29, 1.82) is 0 Å². The van der Waals surface area contributed by atoms with E-state index in [1.54, 1.807) is 18.3 Å². The molecule has 8 heteroatoms. The summed E-state index contributed by atoms with van der Waals surface area (Å²) in [4.78, 5) is 26.1. The lowest BCUT2D eigenvalue weighted by Crippen LogP contribution is -2.41. The lowest BCUT2D eigenvalue weighted by atomic mass is 9.87. The number of anilines is 2. The zero-order valence-electron chi connectivity index (χ0n) is 22.6. The average Bonchev–Trinajstić information content (AvgIpc) is 3.40. The van der Waals surface area contributed by atoms with Crippen molar-refractivity contribution in [1.82, 2.24) is 15.5 Å². The third-order valence-corrected chi connectivity index (χ3v) is 7.12. The fourth-order valence-corrected chi connectivity index (χ4v) is 4.92. The molecular formula is C31H35N5O3. The van der Waals surface area contributed by atoms with E-state index in [1.165, 1.54) is 5.56 Å². The molecule has 2 amide bonds. The van der Waals surface area contributed by atoms with Gasteiger partial charge in [-0.05, 0) is 78.4 Å². The van der Waals surface area contributed by atoms with E-state index < -0.39 is 12.2 Å². The molecule has 1 saturated heterocycles. The summed E-state index contributed by atoms with van der Waals surface area (Å²) in [5.74, 6) is -0.214. The lowest BCUT2D eigenvalue weighted by Gasteiger charge is -2.31. The summed E-state index contributed by atoms with van der Waals surface area (Å²) >= 11 is 0. The van der Waals surface area contributed by atoms with E-state index in [9.17, 15) is 9.59 Å². The Hall–Kier alpha value is -4.17. The number of rotatable bonds is 6. The van der Waals surface area contributed by atoms with Gasteiger partial charge in [0.2, 0.25) is 0 Å². The Bertz CT molecular complexity index is 1450. The van der Waals surface area contributed by atoms with Gasteiger partial charge in [0, 0.05) is 28.4 Å². The van der Waals surface area contributed by atoms with Gasteiger partial charge in [-0.3, -0.25) is 15.2 Å². The number of H-pyrrole nitrogens is 1. The molecule has 5 rings (SSSR count). The molecule has 1 aromatic heterocycles. The summed E-state index contributed by atoms with van der Waals surface area (Å²) in [6.45, 7) is 7.33. The molecule has 3 aromatic carbocycles. The van der Waals surface area contributed by atoms with Gasteiger partial charge in [0.1, 0.15) is 6.10 Å². The minimum atomic E-state index is -0.554. The molecular weight excluding hydrogens is 490 g/mol. The van der Waals surface area contributed by atoms with Crippen molar-refractivity contribution >= 4 is 34.3 Å². The van der Waals surface area contributed by atoms with E-state index in [0.717, 1.165) is 48.0 Å². The molecule has 1 unspecified atom stereocenters. The predicted molar refractivity (Wildman–Crippen MR) is 154 cm³/mol. The quantitative estimate of drug-likeness (QED) is 0.228. The molecule has 2 atom stereocenters. The first-order chi connectivity index (χ1) is 18.8. The monoisotopic (exact) mass is 525 g/mol. The van der Waals surface area contributed by atoms with Crippen LogP contribution < -0.4 is 16.0 Å². The van der Waals surface area contributed by atoms with Gasteiger partial charge in [-0.1, -0.05) is 51.5 Å². The third kappa shape index (κ3) is 6.46. The average molecular weight is 526 g/mol. The highest BCUT2D eigenvalue weighted by molar-refractivity contribution is 6.04. The van der Waals surface area contributed by atoms with Crippen LogP contribution in [0.2, 0.25) is 0 Å². The molecule has 4 aromatic rings. The van der Waals surface area contributed by atoms with E-state index in [0.29, 0.717) is 11.3 Å². The Morgan fingerprint density at radius 3 is 2.51 bits per heavy atom. The van der Waals surface area contributed by atoms with E-state index in [4.69, 9.17) is 4.74 Å². The first kappa shape index (κ1) is 26.4. The molecule has 8 nitrogen and oxygen atoms in total. The van der Waals surface area contributed by atoms with Crippen molar-refractivity contribution in [3.8, 4) is 0 Å². The summed E-state index contributed by atoms with van der Waals surface area (Å²) in [5.41, 5.74) is 4.75.